The smallest absolute Gasteiger partial charge is 0.238 e. The number of nitrogens with zero attached hydrogens (tertiary/aromatic N) is 1. The van der Waals surface area contributed by atoms with Crippen molar-refractivity contribution in [3.8, 4) is 0 Å². The first-order valence-corrected chi connectivity index (χ1v) is 10.8. The monoisotopic (exact) mass is 392 g/mol. The lowest BCUT2D eigenvalue weighted by Gasteiger charge is -2.30. The third-order valence-electron chi connectivity index (χ3n) is 5.77. The van der Waals surface area contributed by atoms with Gasteiger partial charge in [-0.05, 0) is 43.9 Å². The predicted octanol–water partition coefficient (Wildman–Crippen LogP) is 0.0861. The number of hydrogen-bond acceptors (Lipinski definition) is 5. The van der Waals surface area contributed by atoms with Crippen LogP contribution in [0.3, 0.4) is 0 Å². The highest BCUT2D eigenvalue weighted by molar-refractivity contribution is 7.89. The average Bonchev–Trinajstić information content (AvgIpc) is 3.16. The minimum Gasteiger partial charge on any atom is -0.353 e. The van der Waals surface area contributed by atoms with Gasteiger partial charge in [0.2, 0.25) is 21.8 Å². The predicted molar refractivity (Wildman–Crippen MR) is 99.4 cm³/mol. The van der Waals surface area contributed by atoms with Gasteiger partial charge in [-0.15, -0.1) is 0 Å². The van der Waals surface area contributed by atoms with Gasteiger partial charge in [-0.1, -0.05) is 6.07 Å². The molecule has 0 aromatic heterocycles. The van der Waals surface area contributed by atoms with Crippen LogP contribution in [0.5, 0.6) is 0 Å². The zero-order chi connectivity index (χ0) is 19.2. The van der Waals surface area contributed by atoms with Crippen molar-refractivity contribution < 1.29 is 18.0 Å². The Morgan fingerprint density at radius 2 is 1.93 bits per heavy atom. The van der Waals surface area contributed by atoms with Gasteiger partial charge in [0.1, 0.15) is 0 Å². The third-order valence-corrected chi connectivity index (χ3v) is 6.68. The zero-order valence-corrected chi connectivity index (χ0v) is 15.7. The molecule has 1 aromatic rings. The third kappa shape index (κ3) is 3.85. The minimum absolute atomic E-state index is 0.0501. The van der Waals surface area contributed by atoms with Gasteiger partial charge >= 0.3 is 0 Å². The van der Waals surface area contributed by atoms with Gasteiger partial charge in [0.25, 0.3) is 0 Å². The molecule has 3 heterocycles. The molecule has 4 N–H and O–H groups in total. The maximum Gasteiger partial charge on any atom is 0.238 e. The van der Waals surface area contributed by atoms with Crippen LogP contribution in [0.15, 0.2) is 29.2 Å². The fourth-order valence-corrected chi connectivity index (χ4v) is 5.01. The Morgan fingerprint density at radius 1 is 1.22 bits per heavy atom. The molecule has 3 aliphatic rings. The summed E-state index contributed by atoms with van der Waals surface area (Å²) < 4.78 is 23.1. The second kappa shape index (κ2) is 6.88. The molecule has 27 heavy (non-hydrogen) atoms. The Bertz CT molecular complexity index is 860. The number of amides is 2. The summed E-state index contributed by atoms with van der Waals surface area (Å²) in [5, 5.41) is 11.8. The van der Waals surface area contributed by atoms with Crippen LogP contribution < -0.4 is 20.7 Å². The summed E-state index contributed by atoms with van der Waals surface area (Å²) in [7, 11) is -3.85. The molecule has 3 fully saturated rings. The molecule has 1 aromatic carbocycles. The van der Waals surface area contributed by atoms with Crippen LogP contribution in [0, 0.1) is 5.92 Å². The van der Waals surface area contributed by atoms with Crippen molar-refractivity contribution in [3.63, 3.8) is 0 Å². The molecule has 2 amide bonds. The summed E-state index contributed by atoms with van der Waals surface area (Å²) >= 11 is 0. The van der Waals surface area contributed by atoms with E-state index in [1.54, 1.807) is 12.1 Å². The number of fused-ring (bicyclic) bond motifs is 2. The number of primary sulfonamides is 1. The Hall–Kier alpha value is -1.97. The second-order valence-corrected chi connectivity index (χ2v) is 9.32. The highest BCUT2D eigenvalue weighted by Crippen LogP contribution is 2.29. The molecule has 4 rings (SSSR count). The van der Waals surface area contributed by atoms with Crippen LogP contribution in [0.1, 0.15) is 32.1 Å². The fourth-order valence-electron chi connectivity index (χ4n) is 4.46. The SMILES string of the molecule is NS(=O)(=O)c1cccc(N2CC(C(=O)NC3CC4CCC(C3)N4)CC2=O)c1. The number of carbonyl (C=O) groups is 2. The van der Waals surface area contributed by atoms with Crippen LogP contribution in [0.2, 0.25) is 0 Å². The summed E-state index contributed by atoms with van der Waals surface area (Å²) in [6, 6.07) is 7.07. The molecule has 0 spiro atoms. The summed E-state index contributed by atoms with van der Waals surface area (Å²) in [5.41, 5.74) is 0.446. The van der Waals surface area contributed by atoms with E-state index in [2.05, 4.69) is 10.6 Å². The number of benzene rings is 1. The molecule has 2 bridgehead atoms. The molecular formula is C18H24N4O4S. The Balaban J connectivity index is 1.42. The molecule has 3 saturated heterocycles. The van der Waals surface area contributed by atoms with Crippen molar-refractivity contribution in [2.45, 2.75) is 55.1 Å². The normalized spacial score (nSPS) is 30.6. The molecule has 3 unspecified atom stereocenters. The Labute approximate surface area is 158 Å². The van der Waals surface area contributed by atoms with Crippen molar-refractivity contribution in [1.29, 1.82) is 0 Å². The standard InChI is InChI=1S/C18H24N4O4S/c19-27(25,26)16-3-1-2-15(9-16)22-10-11(6-17(22)23)18(24)21-14-7-12-4-5-13(8-14)20-12/h1-3,9,11-14,20H,4-8,10H2,(H,21,24)(H2,19,25,26). The van der Waals surface area contributed by atoms with Crippen molar-refractivity contribution >= 4 is 27.5 Å². The van der Waals surface area contributed by atoms with Crippen molar-refractivity contribution in [2.24, 2.45) is 11.1 Å². The van der Waals surface area contributed by atoms with Crippen LogP contribution in [-0.4, -0.2) is 44.9 Å². The summed E-state index contributed by atoms with van der Waals surface area (Å²) in [6.07, 6.45) is 4.32. The number of sulfonamides is 1. The molecule has 0 aliphatic carbocycles. The van der Waals surface area contributed by atoms with Crippen molar-refractivity contribution in [1.82, 2.24) is 10.6 Å². The molecule has 0 saturated carbocycles. The number of carbonyl (C=O) groups excluding carboxylic acids is 2. The zero-order valence-electron chi connectivity index (χ0n) is 14.9. The number of hydrogen-bond donors (Lipinski definition) is 3. The molecule has 8 nitrogen and oxygen atoms in total. The number of nitrogens with two attached hydrogens (primary N) is 1. The highest BCUT2D eigenvalue weighted by atomic mass is 32.2. The lowest BCUT2D eigenvalue weighted by molar-refractivity contribution is -0.127. The topological polar surface area (TPSA) is 122 Å². The molecule has 9 heteroatoms. The van der Waals surface area contributed by atoms with Crippen LogP contribution in [0.4, 0.5) is 5.69 Å². The minimum atomic E-state index is -3.85. The summed E-state index contributed by atoms with van der Waals surface area (Å²) in [6.45, 7) is 0.247. The van der Waals surface area contributed by atoms with E-state index in [0.717, 1.165) is 25.7 Å². The van der Waals surface area contributed by atoms with Gasteiger partial charge in [0.15, 0.2) is 0 Å². The quantitative estimate of drug-likeness (QED) is 0.670. The average molecular weight is 392 g/mol. The van der Waals surface area contributed by atoms with Gasteiger partial charge < -0.3 is 15.5 Å². The summed E-state index contributed by atoms with van der Waals surface area (Å²) in [4.78, 5) is 26.5. The summed E-state index contributed by atoms with van der Waals surface area (Å²) in [5.74, 6) is -0.713. The Kier molecular flexibility index (Phi) is 4.69. The van der Waals surface area contributed by atoms with Crippen LogP contribution >= 0.6 is 0 Å². The number of rotatable bonds is 4. The second-order valence-electron chi connectivity index (χ2n) is 7.76. The first-order valence-electron chi connectivity index (χ1n) is 9.29. The van der Waals surface area contributed by atoms with E-state index >= 15 is 0 Å². The maximum absolute atomic E-state index is 12.7. The molecule has 3 atom stereocenters. The van der Waals surface area contributed by atoms with Gasteiger partial charge in [0.05, 0.1) is 10.8 Å². The van der Waals surface area contributed by atoms with E-state index in [1.807, 2.05) is 0 Å². The number of nitrogens with one attached hydrogen (secondary N) is 2. The first kappa shape index (κ1) is 18.4. The first-order chi connectivity index (χ1) is 12.8. The maximum atomic E-state index is 12.7. The van der Waals surface area contributed by atoms with E-state index in [0.29, 0.717) is 17.8 Å². The van der Waals surface area contributed by atoms with E-state index in [9.17, 15) is 18.0 Å². The van der Waals surface area contributed by atoms with E-state index in [-0.39, 0.29) is 35.7 Å². The van der Waals surface area contributed by atoms with E-state index in [1.165, 1.54) is 17.0 Å². The van der Waals surface area contributed by atoms with E-state index in [4.69, 9.17) is 5.14 Å². The number of anilines is 1. The number of piperidine rings is 1. The van der Waals surface area contributed by atoms with Gasteiger partial charge in [0, 0.05) is 36.8 Å². The van der Waals surface area contributed by atoms with Crippen LogP contribution in [-0.2, 0) is 19.6 Å². The lowest BCUT2D eigenvalue weighted by Crippen LogP contribution is -2.49. The Morgan fingerprint density at radius 3 is 2.59 bits per heavy atom. The van der Waals surface area contributed by atoms with Gasteiger partial charge in [-0.2, -0.15) is 0 Å². The van der Waals surface area contributed by atoms with Crippen molar-refractivity contribution in [2.75, 3.05) is 11.4 Å². The van der Waals surface area contributed by atoms with Gasteiger partial charge in [-0.25, -0.2) is 13.6 Å². The van der Waals surface area contributed by atoms with Crippen molar-refractivity contribution in [3.05, 3.63) is 24.3 Å². The fraction of sp³-hybridized carbons (Fsp3) is 0.556. The lowest BCUT2D eigenvalue weighted by atomic mass is 9.98. The molecular weight excluding hydrogens is 368 g/mol. The largest absolute Gasteiger partial charge is 0.353 e. The van der Waals surface area contributed by atoms with Gasteiger partial charge in [-0.3, -0.25) is 9.59 Å². The molecule has 3 aliphatic heterocycles. The molecule has 0 radical (unpaired) electrons. The van der Waals surface area contributed by atoms with Crippen LogP contribution in [0.25, 0.3) is 0 Å². The van der Waals surface area contributed by atoms with E-state index < -0.39 is 15.9 Å². The highest BCUT2D eigenvalue weighted by Gasteiger charge is 2.38. The molecule has 146 valence electrons.